The van der Waals surface area contributed by atoms with Crippen LogP contribution in [-0.2, 0) is 26.2 Å². The van der Waals surface area contributed by atoms with Crippen molar-refractivity contribution in [3.8, 4) is 5.75 Å². The Morgan fingerprint density at radius 2 is 1.71 bits per heavy atom. The van der Waals surface area contributed by atoms with Gasteiger partial charge in [-0.1, -0.05) is 42.3 Å². The van der Waals surface area contributed by atoms with E-state index in [-0.39, 0.29) is 39.8 Å². The summed E-state index contributed by atoms with van der Waals surface area (Å²) in [5, 5.41) is 14.7. The van der Waals surface area contributed by atoms with Gasteiger partial charge in [-0.3, -0.25) is 24.0 Å². The van der Waals surface area contributed by atoms with Crippen LogP contribution >= 0.6 is 23.2 Å². The number of rotatable bonds is 12. The van der Waals surface area contributed by atoms with Gasteiger partial charge in [-0.25, -0.2) is 8.42 Å². The molecule has 0 aromatic heterocycles. The van der Waals surface area contributed by atoms with Crippen LogP contribution in [0.5, 0.6) is 5.75 Å². The second-order valence-electron chi connectivity index (χ2n) is 9.22. The molecule has 0 fully saturated rings. The number of anilines is 1. The number of nitrogens with zero attached hydrogens (tertiary/aromatic N) is 3. The second kappa shape index (κ2) is 13.9. The standard InChI is InChI=1S/C28H30Cl2N4O7S/c1-5-25(28(36)31-3)32(16-19-7-13-23(29)24(30)14-19)27(35)17-33(20-8-10-21(41-4)11-9-20)42(39,40)22-12-6-18(2)26(15-22)34(37)38/h6-15,25H,5,16-17H2,1-4H3,(H,31,36). The molecule has 3 rings (SSSR count). The number of amides is 2. The van der Waals surface area contributed by atoms with Crippen molar-refractivity contribution in [3.05, 3.63) is 92.0 Å². The summed E-state index contributed by atoms with van der Waals surface area (Å²) >= 11 is 12.2. The monoisotopic (exact) mass is 636 g/mol. The van der Waals surface area contributed by atoms with Gasteiger partial charge in [-0.05, 0) is 61.4 Å². The predicted octanol–water partition coefficient (Wildman–Crippen LogP) is 4.97. The molecule has 0 heterocycles. The van der Waals surface area contributed by atoms with Crippen molar-refractivity contribution >= 4 is 56.4 Å². The number of hydrogen-bond donors (Lipinski definition) is 1. The van der Waals surface area contributed by atoms with E-state index in [9.17, 15) is 28.1 Å². The fraction of sp³-hybridized carbons (Fsp3) is 0.286. The first-order chi connectivity index (χ1) is 19.8. The molecule has 224 valence electrons. The van der Waals surface area contributed by atoms with Gasteiger partial charge in [-0.15, -0.1) is 0 Å². The Kier molecular flexibility index (Phi) is 10.8. The number of likely N-dealkylation sites (N-methyl/N-ethyl adjacent to an activating group) is 1. The number of benzene rings is 3. The average Bonchev–Trinajstić information content (AvgIpc) is 2.97. The number of sulfonamides is 1. The van der Waals surface area contributed by atoms with Crippen LogP contribution in [0.1, 0.15) is 24.5 Å². The normalized spacial score (nSPS) is 11.9. The summed E-state index contributed by atoms with van der Waals surface area (Å²) in [4.78, 5) is 38.6. The minimum atomic E-state index is -4.52. The molecule has 0 spiro atoms. The summed E-state index contributed by atoms with van der Waals surface area (Å²) in [5.41, 5.74) is 0.558. The molecule has 0 aliphatic rings. The Balaban J connectivity index is 2.13. The molecule has 1 N–H and O–H groups in total. The highest BCUT2D eigenvalue weighted by Crippen LogP contribution is 2.30. The van der Waals surface area contributed by atoms with Gasteiger partial charge in [0.25, 0.3) is 15.7 Å². The molecule has 1 atom stereocenters. The number of nitrogens with one attached hydrogen (secondary N) is 1. The maximum Gasteiger partial charge on any atom is 0.273 e. The summed E-state index contributed by atoms with van der Waals surface area (Å²) in [6.07, 6.45) is 0.228. The lowest BCUT2D eigenvalue weighted by molar-refractivity contribution is -0.385. The first-order valence-electron chi connectivity index (χ1n) is 12.7. The highest BCUT2D eigenvalue weighted by molar-refractivity contribution is 7.92. The Bertz CT molecular complexity index is 1580. The van der Waals surface area contributed by atoms with E-state index in [0.717, 1.165) is 10.4 Å². The SMILES string of the molecule is CCC(C(=O)NC)N(Cc1ccc(Cl)c(Cl)c1)C(=O)CN(c1ccc(OC)cc1)S(=O)(=O)c1ccc(C)c([N+](=O)[O-])c1. The first-order valence-corrected chi connectivity index (χ1v) is 14.9. The second-order valence-corrected chi connectivity index (χ2v) is 11.9. The van der Waals surface area contributed by atoms with Gasteiger partial charge >= 0.3 is 0 Å². The number of aryl methyl sites for hydroxylation is 1. The number of nitro benzene ring substituents is 1. The van der Waals surface area contributed by atoms with Gasteiger partial charge in [0.15, 0.2) is 0 Å². The lowest BCUT2D eigenvalue weighted by Crippen LogP contribution is -2.51. The predicted molar refractivity (Wildman–Crippen MR) is 161 cm³/mol. The van der Waals surface area contributed by atoms with Crippen molar-refractivity contribution in [2.45, 2.75) is 37.8 Å². The summed E-state index contributed by atoms with van der Waals surface area (Å²) in [6.45, 7) is 2.42. The highest BCUT2D eigenvalue weighted by Gasteiger charge is 2.34. The number of hydrogen-bond acceptors (Lipinski definition) is 7. The molecule has 0 aliphatic carbocycles. The zero-order valence-electron chi connectivity index (χ0n) is 23.3. The number of carbonyl (C=O) groups excluding carboxylic acids is 2. The van der Waals surface area contributed by atoms with Crippen molar-refractivity contribution in [3.63, 3.8) is 0 Å². The largest absolute Gasteiger partial charge is 0.497 e. The molecule has 3 aromatic rings. The molecular formula is C28H30Cl2N4O7S. The van der Waals surface area contributed by atoms with Crippen molar-refractivity contribution in [1.29, 1.82) is 0 Å². The Morgan fingerprint density at radius 1 is 1.05 bits per heavy atom. The van der Waals surface area contributed by atoms with Crippen LogP contribution in [0.15, 0.2) is 65.6 Å². The molecule has 11 nitrogen and oxygen atoms in total. The topological polar surface area (TPSA) is 139 Å². The molecule has 0 bridgehead atoms. The average molecular weight is 638 g/mol. The fourth-order valence-corrected chi connectivity index (χ4v) is 6.03. The van der Waals surface area contributed by atoms with E-state index >= 15 is 0 Å². The maximum atomic E-state index is 14.0. The lowest BCUT2D eigenvalue weighted by Gasteiger charge is -2.33. The van der Waals surface area contributed by atoms with Crippen LogP contribution in [0, 0.1) is 17.0 Å². The minimum Gasteiger partial charge on any atom is -0.497 e. The number of carbonyl (C=O) groups is 2. The van der Waals surface area contributed by atoms with Gasteiger partial charge in [0.05, 0.1) is 32.7 Å². The summed E-state index contributed by atoms with van der Waals surface area (Å²) in [7, 11) is -1.63. The smallest absolute Gasteiger partial charge is 0.273 e. The third kappa shape index (κ3) is 7.30. The number of nitro groups is 1. The Hall–Kier alpha value is -3.87. The number of ether oxygens (including phenoxy) is 1. The van der Waals surface area contributed by atoms with Crippen LogP contribution in [0.25, 0.3) is 0 Å². The first kappa shape index (κ1) is 32.6. The quantitative estimate of drug-likeness (QED) is 0.219. The summed E-state index contributed by atoms with van der Waals surface area (Å²) in [5.74, 6) is -0.697. The lowest BCUT2D eigenvalue weighted by atomic mass is 10.1. The maximum absolute atomic E-state index is 14.0. The van der Waals surface area contributed by atoms with Crippen molar-refractivity contribution in [2.75, 3.05) is 25.0 Å². The molecule has 3 aromatic carbocycles. The van der Waals surface area contributed by atoms with E-state index in [1.165, 1.54) is 62.4 Å². The fourth-order valence-electron chi connectivity index (χ4n) is 4.27. The summed E-state index contributed by atoms with van der Waals surface area (Å²) < 4.78 is 34.0. The molecule has 0 radical (unpaired) electrons. The van der Waals surface area contributed by atoms with Crippen LogP contribution < -0.4 is 14.4 Å². The van der Waals surface area contributed by atoms with Gasteiger partial charge in [0.1, 0.15) is 18.3 Å². The van der Waals surface area contributed by atoms with Crippen LogP contribution in [0.3, 0.4) is 0 Å². The number of methoxy groups -OCH3 is 1. The molecule has 2 amide bonds. The molecule has 0 saturated carbocycles. The van der Waals surface area contributed by atoms with Crippen molar-refractivity contribution < 1.29 is 27.7 Å². The molecule has 14 heteroatoms. The van der Waals surface area contributed by atoms with E-state index in [2.05, 4.69) is 5.32 Å². The molecular weight excluding hydrogens is 607 g/mol. The van der Waals surface area contributed by atoms with Crippen molar-refractivity contribution in [1.82, 2.24) is 10.2 Å². The molecule has 0 saturated heterocycles. The van der Waals surface area contributed by atoms with Crippen LogP contribution in [0.2, 0.25) is 10.0 Å². The van der Waals surface area contributed by atoms with E-state index < -0.39 is 39.3 Å². The highest BCUT2D eigenvalue weighted by atomic mass is 35.5. The zero-order chi connectivity index (χ0) is 31.2. The van der Waals surface area contributed by atoms with Gasteiger partial charge < -0.3 is 15.0 Å². The molecule has 0 aliphatic heterocycles. The molecule has 1 unspecified atom stereocenters. The van der Waals surface area contributed by atoms with E-state index in [1.54, 1.807) is 25.1 Å². The van der Waals surface area contributed by atoms with Gasteiger partial charge in [0.2, 0.25) is 11.8 Å². The van der Waals surface area contributed by atoms with Crippen LogP contribution in [0.4, 0.5) is 11.4 Å². The summed E-state index contributed by atoms with van der Waals surface area (Å²) in [6, 6.07) is 13.3. The van der Waals surface area contributed by atoms with Crippen molar-refractivity contribution in [2.24, 2.45) is 0 Å². The van der Waals surface area contributed by atoms with Gasteiger partial charge in [0, 0.05) is 25.2 Å². The Morgan fingerprint density at radius 3 is 2.26 bits per heavy atom. The van der Waals surface area contributed by atoms with E-state index in [0.29, 0.717) is 16.3 Å². The third-order valence-corrected chi connectivity index (χ3v) is 9.08. The molecule has 42 heavy (non-hydrogen) atoms. The minimum absolute atomic E-state index is 0.0752. The number of halogens is 2. The van der Waals surface area contributed by atoms with Gasteiger partial charge in [-0.2, -0.15) is 0 Å². The Labute approximate surface area is 254 Å². The van der Waals surface area contributed by atoms with Crippen LogP contribution in [-0.4, -0.2) is 56.8 Å². The van der Waals surface area contributed by atoms with E-state index in [1.807, 2.05) is 0 Å². The zero-order valence-corrected chi connectivity index (χ0v) is 25.7. The third-order valence-electron chi connectivity index (χ3n) is 6.57. The van der Waals surface area contributed by atoms with E-state index in [4.69, 9.17) is 27.9 Å².